The fourth-order valence-electron chi connectivity index (χ4n) is 2.59. The SMILES string of the molecule is COc1ccc(-c2c(C(=O)c3ccccc3)[nH]c(N)c2C#N)cc1. The summed E-state index contributed by atoms with van der Waals surface area (Å²) in [4.78, 5) is 15.7. The summed E-state index contributed by atoms with van der Waals surface area (Å²) in [5, 5.41) is 9.44. The second kappa shape index (κ2) is 6.31. The molecule has 0 atom stereocenters. The molecule has 118 valence electrons. The highest BCUT2D eigenvalue weighted by Crippen LogP contribution is 2.33. The van der Waals surface area contributed by atoms with Gasteiger partial charge in [0.2, 0.25) is 5.78 Å². The van der Waals surface area contributed by atoms with Crippen LogP contribution in [0.3, 0.4) is 0 Å². The van der Waals surface area contributed by atoms with Gasteiger partial charge in [0.1, 0.15) is 23.2 Å². The van der Waals surface area contributed by atoms with E-state index in [0.717, 1.165) is 5.56 Å². The van der Waals surface area contributed by atoms with E-state index in [4.69, 9.17) is 10.5 Å². The van der Waals surface area contributed by atoms with Crippen LogP contribution in [0.4, 0.5) is 5.82 Å². The van der Waals surface area contributed by atoms with E-state index >= 15 is 0 Å². The summed E-state index contributed by atoms with van der Waals surface area (Å²) in [5.74, 6) is 0.661. The Bertz CT molecular complexity index is 920. The summed E-state index contributed by atoms with van der Waals surface area (Å²) in [6.45, 7) is 0. The number of nitrogens with two attached hydrogens (primary N) is 1. The van der Waals surface area contributed by atoms with E-state index in [1.165, 1.54) is 0 Å². The van der Waals surface area contributed by atoms with Gasteiger partial charge < -0.3 is 15.5 Å². The first-order valence-corrected chi connectivity index (χ1v) is 7.31. The van der Waals surface area contributed by atoms with Gasteiger partial charge in [0, 0.05) is 11.1 Å². The smallest absolute Gasteiger partial charge is 0.209 e. The normalized spacial score (nSPS) is 10.2. The Balaban J connectivity index is 2.17. The minimum absolute atomic E-state index is 0.183. The van der Waals surface area contributed by atoms with Gasteiger partial charge in [-0.25, -0.2) is 0 Å². The first kappa shape index (κ1) is 15.4. The van der Waals surface area contributed by atoms with E-state index in [1.54, 1.807) is 55.6 Å². The van der Waals surface area contributed by atoms with Crippen LogP contribution in [0.2, 0.25) is 0 Å². The van der Waals surface area contributed by atoms with Crippen molar-refractivity contribution in [3.05, 3.63) is 71.4 Å². The third-order valence-corrected chi connectivity index (χ3v) is 3.78. The average molecular weight is 317 g/mol. The molecule has 3 aromatic rings. The number of anilines is 1. The standard InChI is InChI=1S/C19H15N3O2/c1-24-14-9-7-12(8-10-14)16-15(11-20)19(21)22-17(16)18(23)13-5-3-2-4-6-13/h2-10,22H,21H2,1H3. The molecule has 3 rings (SSSR count). The number of methoxy groups -OCH3 is 1. The van der Waals surface area contributed by atoms with Gasteiger partial charge in [0.05, 0.1) is 12.8 Å². The third-order valence-electron chi connectivity index (χ3n) is 3.78. The number of ether oxygens (including phenoxy) is 1. The Hall–Kier alpha value is -3.52. The van der Waals surface area contributed by atoms with Crippen molar-refractivity contribution >= 4 is 11.6 Å². The zero-order valence-electron chi connectivity index (χ0n) is 13.0. The van der Waals surface area contributed by atoms with Gasteiger partial charge in [-0.2, -0.15) is 5.26 Å². The van der Waals surface area contributed by atoms with Gasteiger partial charge in [-0.15, -0.1) is 0 Å². The van der Waals surface area contributed by atoms with E-state index in [-0.39, 0.29) is 17.2 Å². The zero-order valence-corrected chi connectivity index (χ0v) is 13.0. The molecule has 0 radical (unpaired) electrons. The van der Waals surface area contributed by atoms with E-state index in [9.17, 15) is 10.1 Å². The summed E-state index contributed by atoms with van der Waals surface area (Å²) >= 11 is 0. The van der Waals surface area contributed by atoms with Crippen LogP contribution in [0.15, 0.2) is 54.6 Å². The second-order valence-electron chi connectivity index (χ2n) is 5.20. The largest absolute Gasteiger partial charge is 0.497 e. The number of H-pyrrole nitrogens is 1. The first-order valence-electron chi connectivity index (χ1n) is 7.31. The van der Waals surface area contributed by atoms with E-state index in [1.807, 2.05) is 6.07 Å². The number of nitrogen functional groups attached to an aromatic ring is 1. The van der Waals surface area contributed by atoms with Crippen LogP contribution in [0.25, 0.3) is 11.1 Å². The molecule has 0 fully saturated rings. The number of ketones is 1. The zero-order chi connectivity index (χ0) is 17.1. The van der Waals surface area contributed by atoms with E-state index < -0.39 is 0 Å². The van der Waals surface area contributed by atoms with Crippen molar-refractivity contribution in [2.75, 3.05) is 12.8 Å². The van der Waals surface area contributed by atoms with Crippen molar-refractivity contribution in [1.29, 1.82) is 5.26 Å². The number of carbonyl (C=O) groups is 1. The number of rotatable bonds is 4. The minimum atomic E-state index is -0.213. The molecule has 1 aromatic heterocycles. The van der Waals surface area contributed by atoms with Crippen LogP contribution in [-0.2, 0) is 0 Å². The van der Waals surface area contributed by atoms with E-state index in [2.05, 4.69) is 11.1 Å². The van der Waals surface area contributed by atoms with Crippen molar-refractivity contribution in [3.63, 3.8) is 0 Å². The summed E-state index contributed by atoms with van der Waals surface area (Å²) in [6, 6.07) is 18.1. The van der Waals surface area contributed by atoms with Crippen LogP contribution < -0.4 is 10.5 Å². The lowest BCUT2D eigenvalue weighted by atomic mass is 9.97. The van der Waals surface area contributed by atoms with Crippen molar-refractivity contribution in [3.8, 4) is 22.9 Å². The summed E-state index contributed by atoms with van der Waals surface area (Å²) in [6.07, 6.45) is 0. The van der Waals surface area contributed by atoms with Crippen LogP contribution in [0.5, 0.6) is 5.75 Å². The highest BCUT2D eigenvalue weighted by molar-refractivity contribution is 6.13. The predicted octanol–water partition coefficient (Wildman–Crippen LogP) is 3.38. The van der Waals surface area contributed by atoms with Gasteiger partial charge in [-0.3, -0.25) is 4.79 Å². The lowest BCUT2D eigenvalue weighted by molar-refractivity contribution is 0.103. The lowest BCUT2D eigenvalue weighted by Crippen LogP contribution is -2.03. The number of aromatic nitrogens is 1. The highest BCUT2D eigenvalue weighted by atomic mass is 16.5. The van der Waals surface area contributed by atoms with Gasteiger partial charge >= 0.3 is 0 Å². The molecule has 5 heteroatoms. The molecule has 0 aliphatic heterocycles. The Morgan fingerprint density at radius 2 is 1.79 bits per heavy atom. The Morgan fingerprint density at radius 3 is 2.38 bits per heavy atom. The summed E-state index contributed by atoms with van der Waals surface area (Å²) in [5.41, 5.74) is 8.23. The van der Waals surface area contributed by atoms with Crippen LogP contribution in [0, 0.1) is 11.3 Å². The number of nitriles is 1. The molecule has 5 nitrogen and oxygen atoms in total. The Morgan fingerprint density at radius 1 is 1.12 bits per heavy atom. The molecule has 0 saturated heterocycles. The van der Waals surface area contributed by atoms with Crippen molar-refractivity contribution in [2.24, 2.45) is 0 Å². The van der Waals surface area contributed by atoms with Crippen molar-refractivity contribution < 1.29 is 9.53 Å². The Kier molecular flexibility index (Phi) is 4.04. The molecule has 0 aliphatic carbocycles. The molecule has 1 heterocycles. The molecule has 0 spiro atoms. The molecule has 0 saturated carbocycles. The molecular formula is C19H15N3O2. The number of carbonyl (C=O) groups excluding carboxylic acids is 1. The maximum Gasteiger partial charge on any atom is 0.209 e. The lowest BCUT2D eigenvalue weighted by Gasteiger charge is -2.06. The molecule has 0 aliphatic rings. The topological polar surface area (TPSA) is 91.9 Å². The van der Waals surface area contributed by atoms with Crippen molar-refractivity contribution in [1.82, 2.24) is 4.98 Å². The predicted molar refractivity (Wildman–Crippen MR) is 91.8 cm³/mol. The molecule has 0 unspecified atom stereocenters. The molecule has 0 amide bonds. The van der Waals surface area contributed by atoms with Gasteiger partial charge in [-0.1, -0.05) is 42.5 Å². The average Bonchev–Trinajstić information content (AvgIpc) is 2.98. The third kappa shape index (κ3) is 2.61. The number of nitrogens with zero attached hydrogens (tertiary/aromatic N) is 1. The molecular weight excluding hydrogens is 302 g/mol. The van der Waals surface area contributed by atoms with Crippen LogP contribution in [0.1, 0.15) is 21.6 Å². The fraction of sp³-hybridized carbons (Fsp3) is 0.0526. The fourth-order valence-corrected chi connectivity index (χ4v) is 2.59. The van der Waals surface area contributed by atoms with Crippen LogP contribution in [-0.4, -0.2) is 17.9 Å². The quantitative estimate of drug-likeness (QED) is 0.722. The summed E-state index contributed by atoms with van der Waals surface area (Å²) < 4.78 is 5.15. The minimum Gasteiger partial charge on any atom is -0.497 e. The number of hydrogen-bond acceptors (Lipinski definition) is 4. The molecule has 2 aromatic carbocycles. The Labute approximate surface area is 139 Å². The number of hydrogen-bond donors (Lipinski definition) is 2. The second-order valence-corrected chi connectivity index (χ2v) is 5.20. The van der Waals surface area contributed by atoms with Gasteiger partial charge in [0.25, 0.3) is 0 Å². The molecule has 3 N–H and O–H groups in total. The monoisotopic (exact) mass is 317 g/mol. The van der Waals surface area contributed by atoms with Gasteiger partial charge in [0.15, 0.2) is 0 Å². The van der Waals surface area contributed by atoms with Crippen LogP contribution >= 0.6 is 0 Å². The maximum absolute atomic E-state index is 12.8. The van der Waals surface area contributed by atoms with E-state index in [0.29, 0.717) is 22.6 Å². The highest BCUT2D eigenvalue weighted by Gasteiger charge is 2.23. The number of benzene rings is 2. The molecule has 0 bridgehead atoms. The maximum atomic E-state index is 12.8. The summed E-state index contributed by atoms with van der Waals surface area (Å²) in [7, 11) is 1.58. The first-order chi connectivity index (χ1) is 11.7. The molecule has 24 heavy (non-hydrogen) atoms. The number of aromatic amines is 1. The van der Waals surface area contributed by atoms with Crippen molar-refractivity contribution in [2.45, 2.75) is 0 Å². The number of nitrogens with one attached hydrogen (secondary N) is 1. The van der Waals surface area contributed by atoms with Gasteiger partial charge in [-0.05, 0) is 17.7 Å².